The highest BCUT2D eigenvalue weighted by Crippen LogP contribution is 2.13. The number of rotatable bonds is 7. The van der Waals surface area contributed by atoms with Crippen molar-refractivity contribution in [1.29, 1.82) is 0 Å². The van der Waals surface area contributed by atoms with E-state index < -0.39 is 6.10 Å². The number of β-amino-alcohol motifs (C(OH)–C–C–N with tert-alkyl or cyclic N) is 1. The molecule has 0 aliphatic carbocycles. The van der Waals surface area contributed by atoms with Gasteiger partial charge in [-0.25, -0.2) is 0 Å². The van der Waals surface area contributed by atoms with Crippen LogP contribution in [-0.2, 0) is 6.42 Å². The fourth-order valence-corrected chi connectivity index (χ4v) is 3.26. The average Bonchev–Trinajstić information content (AvgIpc) is 2.73. The third-order valence-electron chi connectivity index (χ3n) is 4.92. The lowest BCUT2D eigenvalue weighted by molar-refractivity contribution is 0.0403. The summed E-state index contributed by atoms with van der Waals surface area (Å²) in [6, 6.07) is 17.4. The number of nitrogens with zero attached hydrogens (tertiary/aromatic N) is 2. The summed E-state index contributed by atoms with van der Waals surface area (Å²) in [5.74, 6) is 0.860. The summed E-state index contributed by atoms with van der Waals surface area (Å²) >= 11 is 0. The van der Waals surface area contributed by atoms with Crippen molar-refractivity contribution in [1.82, 2.24) is 9.80 Å². The van der Waals surface area contributed by atoms with Crippen LogP contribution in [0.1, 0.15) is 22.8 Å². The number of ether oxygens (including phenoxy) is 1. The van der Waals surface area contributed by atoms with Crippen LogP contribution in [0.15, 0.2) is 54.6 Å². The third kappa shape index (κ3) is 5.55. The fourth-order valence-electron chi connectivity index (χ4n) is 3.26. The van der Waals surface area contributed by atoms with Gasteiger partial charge >= 0.3 is 0 Å². The number of carbonyl (C=O) groups is 1. The lowest BCUT2D eigenvalue weighted by Gasteiger charge is -2.35. The van der Waals surface area contributed by atoms with E-state index in [0.29, 0.717) is 19.6 Å². The molecule has 1 N–H and O–H groups in total. The van der Waals surface area contributed by atoms with E-state index in [1.165, 1.54) is 5.56 Å². The van der Waals surface area contributed by atoms with Crippen LogP contribution in [0.2, 0.25) is 0 Å². The Balaban J connectivity index is 1.40. The molecule has 1 saturated heterocycles. The van der Waals surface area contributed by atoms with Crippen LogP contribution in [0, 0.1) is 0 Å². The zero-order valence-electron chi connectivity index (χ0n) is 15.9. The number of amides is 1. The van der Waals surface area contributed by atoms with E-state index >= 15 is 0 Å². The van der Waals surface area contributed by atoms with Gasteiger partial charge in [0.25, 0.3) is 5.91 Å². The van der Waals surface area contributed by atoms with Crippen molar-refractivity contribution in [3.05, 3.63) is 65.7 Å². The van der Waals surface area contributed by atoms with Gasteiger partial charge < -0.3 is 14.7 Å². The van der Waals surface area contributed by atoms with Gasteiger partial charge in [-0.1, -0.05) is 37.3 Å². The normalized spacial score (nSPS) is 16.1. The van der Waals surface area contributed by atoms with Crippen molar-refractivity contribution in [2.45, 2.75) is 19.4 Å². The van der Waals surface area contributed by atoms with Crippen LogP contribution in [0.4, 0.5) is 0 Å². The molecule has 0 bridgehead atoms. The zero-order valence-corrected chi connectivity index (χ0v) is 15.9. The number of piperazine rings is 1. The third-order valence-corrected chi connectivity index (χ3v) is 4.92. The summed E-state index contributed by atoms with van der Waals surface area (Å²) in [5.41, 5.74) is 2.00. The molecule has 1 unspecified atom stereocenters. The van der Waals surface area contributed by atoms with Gasteiger partial charge in [0, 0.05) is 38.3 Å². The maximum Gasteiger partial charge on any atom is 0.253 e. The zero-order chi connectivity index (χ0) is 19.1. The highest BCUT2D eigenvalue weighted by Gasteiger charge is 2.23. The highest BCUT2D eigenvalue weighted by atomic mass is 16.5. The van der Waals surface area contributed by atoms with Crippen molar-refractivity contribution in [3.63, 3.8) is 0 Å². The van der Waals surface area contributed by atoms with Crippen LogP contribution in [0.25, 0.3) is 0 Å². The molecule has 2 aromatic carbocycles. The van der Waals surface area contributed by atoms with Gasteiger partial charge in [0.1, 0.15) is 18.5 Å². The topological polar surface area (TPSA) is 53.0 Å². The minimum Gasteiger partial charge on any atom is -0.491 e. The van der Waals surface area contributed by atoms with E-state index in [9.17, 15) is 9.90 Å². The van der Waals surface area contributed by atoms with Gasteiger partial charge in [-0.15, -0.1) is 0 Å². The maximum absolute atomic E-state index is 12.5. The molecule has 5 heteroatoms. The number of aryl methyl sites for hydroxylation is 1. The number of hydrogen-bond donors (Lipinski definition) is 1. The average molecular weight is 368 g/mol. The van der Waals surface area contributed by atoms with E-state index in [-0.39, 0.29) is 12.5 Å². The number of aliphatic hydroxyl groups excluding tert-OH is 1. The van der Waals surface area contributed by atoms with E-state index in [2.05, 4.69) is 11.8 Å². The molecular formula is C22H28N2O3. The van der Waals surface area contributed by atoms with Crippen molar-refractivity contribution in [2.24, 2.45) is 0 Å². The number of aliphatic hydroxyl groups is 1. The Hall–Kier alpha value is -2.37. The summed E-state index contributed by atoms with van der Waals surface area (Å²) in [5, 5.41) is 10.3. The molecular weight excluding hydrogens is 340 g/mol. The summed E-state index contributed by atoms with van der Waals surface area (Å²) in [4.78, 5) is 16.5. The van der Waals surface area contributed by atoms with Crippen molar-refractivity contribution in [2.75, 3.05) is 39.3 Å². The summed E-state index contributed by atoms with van der Waals surface area (Å²) < 4.78 is 5.68. The van der Waals surface area contributed by atoms with E-state index in [0.717, 1.165) is 30.8 Å². The predicted molar refractivity (Wildman–Crippen MR) is 106 cm³/mol. The second-order valence-electron chi connectivity index (χ2n) is 6.92. The maximum atomic E-state index is 12.5. The Bertz CT molecular complexity index is 710. The Morgan fingerprint density at radius 3 is 2.33 bits per heavy atom. The van der Waals surface area contributed by atoms with Gasteiger partial charge in [0.15, 0.2) is 0 Å². The second kappa shape index (κ2) is 9.53. The predicted octanol–water partition coefficient (Wildman–Crippen LogP) is 2.45. The first-order valence-electron chi connectivity index (χ1n) is 9.62. The molecule has 1 heterocycles. The molecule has 144 valence electrons. The van der Waals surface area contributed by atoms with Crippen LogP contribution < -0.4 is 4.74 Å². The molecule has 0 spiro atoms. The molecule has 1 aliphatic rings. The van der Waals surface area contributed by atoms with Gasteiger partial charge in [0.2, 0.25) is 0 Å². The lowest BCUT2D eigenvalue weighted by Crippen LogP contribution is -2.50. The molecule has 1 fully saturated rings. The minimum atomic E-state index is -0.549. The van der Waals surface area contributed by atoms with Gasteiger partial charge in [-0.05, 0) is 36.2 Å². The van der Waals surface area contributed by atoms with E-state index in [4.69, 9.17) is 4.74 Å². The number of benzene rings is 2. The Morgan fingerprint density at radius 2 is 1.70 bits per heavy atom. The van der Waals surface area contributed by atoms with Crippen molar-refractivity contribution in [3.8, 4) is 5.75 Å². The largest absolute Gasteiger partial charge is 0.491 e. The monoisotopic (exact) mass is 368 g/mol. The number of hydrogen-bond acceptors (Lipinski definition) is 4. The first-order chi connectivity index (χ1) is 13.2. The number of carbonyl (C=O) groups excluding carboxylic acids is 1. The summed E-state index contributed by atoms with van der Waals surface area (Å²) in [7, 11) is 0. The first-order valence-corrected chi connectivity index (χ1v) is 9.62. The molecule has 0 saturated carbocycles. The standard InChI is InChI=1S/C22H28N2O3/c1-2-18-8-10-21(11-9-18)27-17-20(25)16-23-12-14-24(15-13-23)22(26)19-6-4-3-5-7-19/h3-11,20,25H,2,12-17H2,1H3. The minimum absolute atomic E-state index is 0.0784. The SMILES string of the molecule is CCc1ccc(OCC(O)CN2CCN(C(=O)c3ccccc3)CC2)cc1. The highest BCUT2D eigenvalue weighted by molar-refractivity contribution is 5.94. The molecule has 0 aromatic heterocycles. The molecule has 0 radical (unpaired) electrons. The quantitative estimate of drug-likeness (QED) is 0.816. The van der Waals surface area contributed by atoms with Crippen LogP contribution >= 0.6 is 0 Å². The van der Waals surface area contributed by atoms with Gasteiger partial charge in [0.05, 0.1) is 0 Å². The van der Waals surface area contributed by atoms with E-state index in [1.807, 2.05) is 59.5 Å². The molecule has 5 nitrogen and oxygen atoms in total. The lowest BCUT2D eigenvalue weighted by atomic mass is 10.2. The van der Waals surface area contributed by atoms with Crippen LogP contribution in [0.3, 0.4) is 0 Å². The van der Waals surface area contributed by atoms with Gasteiger partial charge in [-0.3, -0.25) is 9.69 Å². The van der Waals surface area contributed by atoms with Crippen LogP contribution in [0.5, 0.6) is 5.75 Å². The first kappa shape index (κ1) is 19.4. The Morgan fingerprint density at radius 1 is 1.04 bits per heavy atom. The molecule has 1 amide bonds. The van der Waals surface area contributed by atoms with Crippen molar-refractivity contribution < 1.29 is 14.6 Å². The Kier molecular flexibility index (Phi) is 6.85. The Labute approximate surface area is 161 Å². The molecule has 3 rings (SSSR count). The molecule has 27 heavy (non-hydrogen) atoms. The summed E-state index contributed by atoms with van der Waals surface area (Å²) in [6.45, 7) is 5.84. The second-order valence-corrected chi connectivity index (χ2v) is 6.92. The van der Waals surface area contributed by atoms with Crippen molar-refractivity contribution >= 4 is 5.91 Å². The summed E-state index contributed by atoms with van der Waals surface area (Å²) in [6.07, 6.45) is 0.453. The van der Waals surface area contributed by atoms with Gasteiger partial charge in [-0.2, -0.15) is 0 Å². The molecule has 2 aromatic rings. The van der Waals surface area contributed by atoms with E-state index in [1.54, 1.807) is 0 Å². The molecule has 1 atom stereocenters. The fraction of sp³-hybridized carbons (Fsp3) is 0.409. The smallest absolute Gasteiger partial charge is 0.253 e. The van der Waals surface area contributed by atoms with Crippen LogP contribution in [-0.4, -0.2) is 66.2 Å². The molecule has 1 aliphatic heterocycles.